The summed E-state index contributed by atoms with van der Waals surface area (Å²) in [6, 6.07) is 0.200. The number of nitrogens with one attached hydrogen (secondary N) is 1. The Bertz CT molecular complexity index is 162. The lowest BCUT2D eigenvalue weighted by molar-refractivity contribution is -0.131. The van der Waals surface area contributed by atoms with Gasteiger partial charge in [-0.15, -0.1) is 0 Å². The van der Waals surface area contributed by atoms with Crippen LogP contribution in [0.4, 0.5) is 0 Å². The van der Waals surface area contributed by atoms with Crippen molar-refractivity contribution in [2.24, 2.45) is 0 Å². The molecule has 0 rings (SSSR count). The van der Waals surface area contributed by atoms with Crippen LogP contribution in [0, 0.1) is 0 Å². The van der Waals surface area contributed by atoms with E-state index in [-0.39, 0.29) is 6.04 Å². The normalized spacial score (nSPS) is 13.1. The van der Waals surface area contributed by atoms with Crippen molar-refractivity contribution in [3.63, 3.8) is 0 Å². The third-order valence-electron chi connectivity index (χ3n) is 1.56. The molecule has 13 heavy (non-hydrogen) atoms. The van der Waals surface area contributed by atoms with Crippen molar-refractivity contribution in [1.29, 1.82) is 0 Å². The molecule has 0 fully saturated rings. The summed E-state index contributed by atoms with van der Waals surface area (Å²) in [4.78, 5) is 10.1. The van der Waals surface area contributed by atoms with Crippen molar-refractivity contribution in [1.82, 2.24) is 5.32 Å². The minimum absolute atomic E-state index is 0.200. The Kier molecular flexibility index (Phi) is 7.01. The van der Waals surface area contributed by atoms with E-state index >= 15 is 0 Å². The van der Waals surface area contributed by atoms with Gasteiger partial charge in [0.2, 0.25) is 0 Å². The van der Waals surface area contributed by atoms with Gasteiger partial charge in [-0.2, -0.15) is 0 Å². The number of hydrogen-bond acceptors (Lipinski definition) is 3. The van der Waals surface area contributed by atoms with Gasteiger partial charge in [0.05, 0.1) is 6.61 Å². The average molecular weight is 187 g/mol. The van der Waals surface area contributed by atoms with Gasteiger partial charge in [-0.1, -0.05) is 13.3 Å². The lowest BCUT2D eigenvalue weighted by atomic mass is 10.2. The van der Waals surface area contributed by atoms with Crippen molar-refractivity contribution in [3.8, 4) is 0 Å². The lowest BCUT2D eigenvalue weighted by Gasteiger charge is -2.14. The quantitative estimate of drug-likeness (QED) is 0.583. The number of hydrogen-bond donors (Lipinski definition) is 2. The van der Waals surface area contributed by atoms with E-state index in [0.717, 1.165) is 18.9 Å². The Morgan fingerprint density at radius 3 is 2.85 bits per heavy atom. The van der Waals surface area contributed by atoms with Crippen LogP contribution >= 0.6 is 0 Å². The number of methoxy groups -OCH3 is 1. The number of carboxylic acids is 1. The fourth-order valence-electron chi connectivity index (χ4n) is 1.02. The predicted octanol–water partition coefficient (Wildman–Crippen LogP) is 0.989. The second-order valence-corrected chi connectivity index (χ2v) is 2.78. The van der Waals surface area contributed by atoms with Crippen molar-refractivity contribution in [2.75, 3.05) is 13.7 Å². The Morgan fingerprint density at radius 1 is 1.69 bits per heavy atom. The fraction of sp³-hybridized carbons (Fsp3) is 0.667. The van der Waals surface area contributed by atoms with Gasteiger partial charge in [0, 0.05) is 25.4 Å². The molecule has 0 aromatic rings. The number of carbonyl (C=O) groups is 1. The van der Waals surface area contributed by atoms with Crippen LogP contribution in [-0.2, 0) is 9.53 Å². The van der Waals surface area contributed by atoms with Crippen molar-refractivity contribution >= 4 is 5.97 Å². The number of rotatable bonds is 7. The van der Waals surface area contributed by atoms with Crippen LogP contribution in [0.1, 0.15) is 19.8 Å². The molecule has 0 aliphatic heterocycles. The highest BCUT2D eigenvalue weighted by atomic mass is 16.5. The third-order valence-corrected chi connectivity index (χ3v) is 1.56. The van der Waals surface area contributed by atoms with Crippen LogP contribution in [0.5, 0.6) is 0 Å². The molecule has 0 aromatic carbocycles. The topological polar surface area (TPSA) is 58.6 Å². The zero-order valence-electron chi connectivity index (χ0n) is 8.12. The summed E-state index contributed by atoms with van der Waals surface area (Å²) in [5, 5.41) is 11.3. The molecular weight excluding hydrogens is 170 g/mol. The molecule has 4 nitrogen and oxygen atoms in total. The molecule has 0 heterocycles. The first-order valence-corrected chi connectivity index (χ1v) is 4.35. The number of aliphatic carboxylic acids is 1. The Balaban J connectivity index is 3.73. The summed E-state index contributed by atoms with van der Waals surface area (Å²) in [6.07, 6.45) is 4.54. The number of carboxylic acid groups (broad SMARTS) is 1. The molecule has 0 saturated heterocycles. The molecule has 1 unspecified atom stereocenters. The molecule has 1 atom stereocenters. The maximum atomic E-state index is 10.1. The molecular formula is C9H17NO3. The molecule has 0 amide bonds. The van der Waals surface area contributed by atoms with Crippen molar-refractivity contribution in [3.05, 3.63) is 12.3 Å². The van der Waals surface area contributed by atoms with Crippen LogP contribution < -0.4 is 5.32 Å². The first-order valence-electron chi connectivity index (χ1n) is 4.35. The van der Waals surface area contributed by atoms with Gasteiger partial charge in [-0.05, 0) is 6.42 Å². The van der Waals surface area contributed by atoms with E-state index < -0.39 is 5.97 Å². The largest absolute Gasteiger partial charge is 0.478 e. The summed E-state index contributed by atoms with van der Waals surface area (Å²) >= 11 is 0. The highest BCUT2D eigenvalue weighted by molar-refractivity contribution is 5.79. The van der Waals surface area contributed by atoms with Gasteiger partial charge in [0.15, 0.2) is 0 Å². The standard InChI is InChI=1S/C9H17NO3/c1-3-4-8(7-13-2)10-6-5-9(11)12/h5-6,8,10H,3-4,7H2,1-2H3,(H,11,12)/b6-5+. The molecule has 0 spiro atoms. The van der Waals surface area contributed by atoms with E-state index in [4.69, 9.17) is 9.84 Å². The van der Waals surface area contributed by atoms with E-state index in [9.17, 15) is 4.79 Å². The zero-order valence-corrected chi connectivity index (χ0v) is 8.12. The van der Waals surface area contributed by atoms with Crippen LogP contribution in [-0.4, -0.2) is 30.8 Å². The third kappa shape index (κ3) is 7.33. The van der Waals surface area contributed by atoms with Gasteiger partial charge in [0.25, 0.3) is 0 Å². The molecule has 76 valence electrons. The van der Waals surface area contributed by atoms with E-state index in [2.05, 4.69) is 12.2 Å². The maximum Gasteiger partial charge on any atom is 0.329 e. The Hall–Kier alpha value is -1.03. The molecule has 0 radical (unpaired) electrons. The second-order valence-electron chi connectivity index (χ2n) is 2.78. The first-order chi connectivity index (χ1) is 6.20. The maximum absolute atomic E-state index is 10.1. The summed E-state index contributed by atoms with van der Waals surface area (Å²) in [6.45, 7) is 2.67. The molecule has 4 heteroatoms. The van der Waals surface area contributed by atoms with Gasteiger partial charge in [-0.3, -0.25) is 0 Å². The number of ether oxygens (including phenoxy) is 1. The van der Waals surface area contributed by atoms with Crippen LogP contribution in [0.2, 0.25) is 0 Å². The summed E-state index contributed by atoms with van der Waals surface area (Å²) in [7, 11) is 1.63. The van der Waals surface area contributed by atoms with Crippen LogP contribution in [0.25, 0.3) is 0 Å². The smallest absolute Gasteiger partial charge is 0.329 e. The van der Waals surface area contributed by atoms with Crippen molar-refractivity contribution in [2.45, 2.75) is 25.8 Å². The highest BCUT2D eigenvalue weighted by Crippen LogP contribution is 1.96. The van der Waals surface area contributed by atoms with Crippen LogP contribution in [0.3, 0.4) is 0 Å². The minimum Gasteiger partial charge on any atom is -0.478 e. The van der Waals surface area contributed by atoms with Gasteiger partial charge >= 0.3 is 5.97 Å². The summed E-state index contributed by atoms with van der Waals surface area (Å²) in [5.74, 6) is -0.944. The predicted molar refractivity (Wildman–Crippen MR) is 50.5 cm³/mol. The molecule has 0 bridgehead atoms. The first kappa shape index (κ1) is 12.0. The van der Waals surface area contributed by atoms with E-state index in [1.165, 1.54) is 6.20 Å². The fourth-order valence-corrected chi connectivity index (χ4v) is 1.02. The van der Waals surface area contributed by atoms with E-state index in [1.807, 2.05) is 0 Å². The van der Waals surface area contributed by atoms with E-state index in [1.54, 1.807) is 7.11 Å². The van der Waals surface area contributed by atoms with Gasteiger partial charge < -0.3 is 15.2 Å². The SMILES string of the molecule is CCCC(COC)N/C=C/C(=O)O. The van der Waals surface area contributed by atoms with E-state index in [0.29, 0.717) is 6.61 Å². The van der Waals surface area contributed by atoms with Gasteiger partial charge in [0.1, 0.15) is 0 Å². The zero-order chi connectivity index (χ0) is 10.1. The second kappa shape index (κ2) is 7.61. The van der Waals surface area contributed by atoms with Gasteiger partial charge in [-0.25, -0.2) is 4.79 Å². The molecule has 0 aliphatic carbocycles. The summed E-state index contributed by atoms with van der Waals surface area (Å²) < 4.78 is 4.97. The lowest BCUT2D eigenvalue weighted by Crippen LogP contribution is -2.29. The highest BCUT2D eigenvalue weighted by Gasteiger charge is 2.03. The molecule has 0 aromatic heterocycles. The Labute approximate surface area is 78.6 Å². The van der Waals surface area contributed by atoms with Crippen molar-refractivity contribution < 1.29 is 14.6 Å². The summed E-state index contributed by atoms with van der Waals surface area (Å²) in [5.41, 5.74) is 0. The average Bonchev–Trinajstić information content (AvgIpc) is 2.04. The molecule has 2 N–H and O–H groups in total. The minimum atomic E-state index is -0.944. The molecule has 0 aliphatic rings. The molecule has 0 saturated carbocycles. The van der Waals surface area contributed by atoms with Crippen LogP contribution in [0.15, 0.2) is 12.3 Å². The monoisotopic (exact) mass is 187 g/mol. The Morgan fingerprint density at radius 2 is 2.38 bits per heavy atom.